The number of carbonyl (C=O) groups excluding carboxylic acids is 1. The highest BCUT2D eigenvalue weighted by Gasteiger charge is 2.19. The molecule has 0 radical (unpaired) electrons. The van der Waals surface area contributed by atoms with E-state index in [0.717, 1.165) is 17.5 Å². The lowest BCUT2D eigenvalue weighted by Crippen LogP contribution is -2.49. The minimum atomic E-state index is -0.432. The number of hydrogen-bond acceptors (Lipinski definition) is 3. The molecule has 0 unspecified atom stereocenters. The molecule has 1 heterocycles. The van der Waals surface area contributed by atoms with Crippen molar-refractivity contribution < 1.29 is 4.79 Å². The fraction of sp³-hybridized carbons (Fsp3) is 0.529. The molecule has 24 heavy (non-hydrogen) atoms. The predicted molar refractivity (Wildman–Crippen MR) is 99.6 cm³/mol. The molecule has 7 heteroatoms. The van der Waals surface area contributed by atoms with Crippen molar-refractivity contribution in [3.05, 3.63) is 34.7 Å². The third-order valence-electron chi connectivity index (χ3n) is 3.92. The van der Waals surface area contributed by atoms with Crippen molar-refractivity contribution in [2.45, 2.75) is 52.2 Å². The molecule has 1 amide bonds. The number of benzene rings is 1. The normalized spacial score (nSPS) is 11.3. The van der Waals surface area contributed by atoms with Gasteiger partial charge in [0.05, 0.1) is 11.0 Å². The average Bonchev–Trinajstić information content (AvgIpc) is 2.78. The Kier molecular flexibility index (Phi) is 7.05. The van der Waals surface area contributed by atoms with E-state index in [-0.39, 0.29) is 30.4 Å². The summed E-state index contributed by atoms with van der Waals surface area (Å²) < 4.78 is 3.46. The largest absolute Gasteiger partial charge is 0.350 e. The minimum absolute atomic E-state index is 0. The molecule has 0 bridgehead atoms. The molecule has 0 saturated heterocycles. The Labute approximate surface area is 148 Å². The summed E-state index contributed by atoms with van der Waals surface area (Å²) in [4.78, 5) is 24.7. The van der Waals surface area contributed by atoms with Crippen LogP contribution in [0.15, 0.2) is 29.1 Å². The van der Waals surface area contributed by atoms with Crippen molar-refractivity contribution >= 4 is 29.3 Å². The van der Waals surface area contributed by atoms with E-state index >= 15 is 0 Å². The van der Waals surface area contributed by atoms with Crippen LogP contribution in [0.25, 0.3) is 11.0 Å². The summed E-state index contributed by atoms with van der Waals surface area (Å²) in [6, 6.07) is 7.70. The molecule has 0 aliphatic rings. The maximum atomic E-state index is 12.6. The van der Waals surface area contributed by atoms with Crippen LogP contribution in [0.5, 0.6) is 0 Å². The van der Waals surface area contributed by atoms with Crippen LogP contribution < -0.4 is 16.7 Å². The first-order chi connectivity index (χ1) is 10.9. The lowest BCUT2D eigenvalue weighted by molar-refractivity contribution is -0.122. The number of para-hydroxylation sites is 2. The second-order valence-corrected chi connectivity index (χ2v) is 6.46. The summed E-state index contributed by atoms with van der Waals surface area (Å²) in [5, 5.41) is 2.89. The molecule has 0 aliphatic carbocycles. The highest BCUT2D eigenvalue weighted by Crippen LogP contribution is 2.13. The smallest absolute Gasteiger partial charge is 0.329 e. The molecular formula is C17H27ClN4O2. The summed E-state index contributed by atoms with van der Waals surface area (Å²) in [6.45, 7) is 7.21. The van der Waals surface area contributed by atoms with Gasteiger partial charge in [-0.05, 0) is 32.4 Å². The molecule has 0 fully saturated rings. The van der Waals surface area contributed by atoms with Crippen molar-refractivity contribution in [2.75, 3.05) is 6.54 Å². The zero-order chi connectivity index (χ0) is 17.0. The summed E-state index contributed by atoms with van der Waals surface area (Å²) in [5.41, 5.74) is 6.93. The highest BCUT2D eigenvalue weighted by atomic mass is 35.5. The minimum Gasteiger partial charge on any atom is -0.350 e. The lowest BCUT2D eigenvalue weighted by atomic mass is 10.1. The van der Waals surface area contributed by atoms with Gasteiger partial charge in [0.2, 0.25) is 5.91 Å². The molecule has 0 spiro atoms. The zero-order valence-corrected chi connectivity index (χ0v) is 15.4. The first kappa shape index (κ1) is 20.3. The fourth-order valence-electron chi connectivity index (χ4n) is 2.63. The lowest BCUT2D eigenvalue weighted by Gasteiger charge is -2.24. The summed E-state index contributed by atoms with van der Waals surface area (Å²) in [5.74, 6) is -0.0975. The number of nitrogens with two attached hydrogens (primary N) is 1. The van der Waals surface area contributed by atoms with Crippen LogP contribution in [0, 0.1) is 0 Å². The molecule has 2 rings (SSSR count). The van der Waals surface area contributed by atoms with E-state index in [1.807, 2.05) is 45.0 Å². The number of nitrogens with zero attached hydrogens (tertiary/aromatic N) is 2. The van der Waals surface area contributed by atoms with E-state index in [1.165, 1.54) is 0 Å². The second kappa shape index (κ2) is 8.35. The van der Waals surface area contributed by atoms with Gasteiger partial charge in [0, 0.05) is 31.6 Å². The predicted octanol–water partition coefficient (Wildman–Crippen LogP) is 1.88. The van der Waals surface area contributed by atoms with Gasteiger partial charge in [-0.2, -0.15) is 0 Å². The first-order valence-electron chi connectivity index (χ1n) is 8.08. The molecule has 0 aliphatic heterocycles. The first-order valence-corrected chi connectivity index (χ1v) is 8.08. The number of imidazole rings is 1. The number of halogens is 1. The van der Waals surface area contributed by atoms with Gasteiger partial charge < -0.3 is 11.1 Å². The number of aromatic nitrogens is 2. The number of rotatable bonds is 7. The van der Waals surface area contributed by atoms with Gasteiger partial charge in [0.15, 0.2) is 0 Å². The molecule has 0 saturated carbocycles. The monoisotopic (exact) mass is 354 g/mol. The summed E-state index contributed by atoms with van der Waals surface area (Å²) >= 11 is 0. The van der Waals surface area contributed by atoms with Crippen LogP contribution in [0.1, 0.15) is 33.6 Å². The van der Waals surface area contributed by atoms with Gasteiger partial charge in [0.25, 0.3) is 0 Å². The summed E-state index contributed by atoms with van der Waals surface area (Å²) in [6.07, 6.45) is 1.14. The molecule has 6 nitrogen and oxygen atoms in total. The quantitative estimate of drug-likeness (QED) is 0.796. The number of aryl methyl sites for hydroxylation is 2. The van der Waals surface area contributed by atoms with E-state index in [2.05, 4.69) is 5.32 Å². The van der Waals surface area contributed by atoms with E-state index in [0.29, 0.717) is 19.6 Å². The fourth-order valence-corrected chi connectivity index (χ4v) is 2.63. The van der Waals surface area contributed by atoms with Crippen molar-refractivity contribution in [1.82, 2.24) is 14.5 Å². The van der Waals surface area contributed by atoms with E-state index in [9.17, 15) is 9.59 Å². The topological polar surface area (TPSA) is 82.0 Å². The van der Waals surface area contributed by atoms with Crippen LogP contribution in [0.4, 0.5) is 0 Å². The second-order valence-electron chi connectivity index (χ2n) is 6.46. The molecular weight excluding hydrogens is 328 g/mol. The van der Waals surface area contributed by atoms with E-state index in [4.69, 9.17) is 5.73 Å². The Morgan fingerprint density at radius 2 is 1.71 bits per heavy atom. The van der Waals surface area contributed by atoms with E-state index < -0.39 is 5.54 Å². The average molecular weight is 355 g/mol. The van der Waals surface area contributed by atoms with Crippen LogP contribution in [0.2, 0.25) is 0 Å². The third-order valence-corrected chi connectivity index (χ3v) is 3.92. The third kappa shape index (κ3) is 4.39. The molecule has 1 aromatic carbocycles. The van der Waals surface area contributed by atoms with Gasteiger partial charge in [-0.15, -0.1) is 12.4 Å². The Hall–Kier alpha value is -1.79. The van der Waals surface area contributed by atoms with Gasteiger partial charge in [-0.3, -0.25) is 13.9 Å². The molecule has 1 aromatic heterocycles. The highest BCUT2D eigenvalue weighted by molar-refractivity contribution is 5.85. The van der Waals surface area contributed by atoms with Crippen molar-refractivity contribution in [3.63, 3.8) is 0 Å². The van der Waals surface area contributed by atoms with Gasteiger partial charge in [-0.1, -0.05) is 19.1 Å². The number of nitrogens with one attached hydrogen (secondary N) is 1. The van der Waals surface area contributed by atoms with Crippen molar-refractivity contribution in [3.8, 4) is 0 Å². The standard InChI is InChI=1S/C17H26N4O2.ClH/c1-4-10-20-13-7-5-6-8-14(13)21(16(20)23)11-9-15(22)19-17(2,3)12-18;/h5-8H,4,9-12,18H2,1-3H3,(H,19,22);1H. The molecule has 134 valence electrons. The van der Waals surface area contributed by atoms with Crippen LogP contribution in [-0.4, -0.2) is 27.1 Å². The number of hydrogen-bond donors (Lipinski definition) is 2. The van der Waals surface area contributed by atoms with Crippen LogP contribution >= 0.6 is 12.4 Å². The summed E-state index contributed by atoms with van der Waals surface area (Å²) in [7, 11) is 0. The maximum Gasteiger partial charge on any atom is 0.329 e. The Balaban J connectivity index is 0.00000288. The van der Waals surface area contributed by atoms with Gasteiger partial charge in [0.1, 0.15) is 0 Å². The number of carbonyl (C=O) groups is 1. The van der Waals surface area contributed by atoms with Crippen molar-refractivity contribution in [1.29, 1.82) is 0 Å². The molecule has 2 aromatic rings. The van der Waals surface area contributed by atoms with E-state index in [1.54, 1.807) is 9.13 Å². The van der Waals surface area contributed by atoms with Gasteiger partial charge >= 0.3 is 5.69 Å². The maximum absolute atomic E-state index is 12.6. The Morgan fingerprint density at radius 1 is 1.17 bits per heavy atom. The van der Waals surface area contributed by atoms with Gasteiger partial charge in [-0.25, -0.2) is 4.79 Å². The number of amides is 1. The zero-order valence-electron chi connectivity index (χ0n) is 14.5. The van der Waals surface area contributed by atoms with Crippen LogP contribution in [0.3, 0.4) is 0 Å². The molecule has 0 atom stereocenters. The Morgan fingerprint density at radius 3 is 2.21 bits per heavy atom. The SMILES string of the molecule is CCCn1c(=O)n(CCC(=O)NC(C)(C)CN)c2ccccc21.Cl. The number of fused-ring (bicyclic) bond motifs is 1. The van der Waals surface area contributed by atoms with Crippen molar-refractivity contribution in [2.24, 2.45) is 5.73 Å². The molecule has 3 N–H and O–H groups in total. The van der Waals surface area contributed by atoms with Crippen LogP contribution in [-0.2, 0) is 17.9 Å². The Bertz CT molecular complexity index is 749.